The molecule has 0 aliphatic carbocycles. The van der Waals surface area contributed by atoms with Gasteiger partial charge in [-0.05, 0) is 17.7 Å². The minimum absolute atomic E-state index is 0.0207. The highest BCUT2D eigenvalue weighted by molar-refractivity contribution is 7.09. The van der Waals surface area contributed by atoms with Gasteiger partial charge in [-0.25, -0.2) is 4.98 Å². The topological polar surface area (TPSA) is 71.1 Å². The lowest BCUT2D eigenvalue weighted by atomic mass is 10.1. The average molecular weight is 365 g/mol. The van der Waals surface area contributed by atoms with Gasteiger partial charge in [0.1, 0.15) is 5.01 Å². The Kier molecular flexibility index (Phi) is 5.76. The van der Waals surface area contributed by atoms with Gasteiger partial charge < -0.3 is 10.6 Å². The number of carbonyl (C=O) groups is 2. The third-order valence-electron chi connectivity index (χ3n) is 3.70. The molecule has 3 aromatic rings. The molecule has 3 rings (SSSR count). The summed E-state index contributed by atoms with van der Waals surface area (Å²) in [5.41, 5.74) is 3.57. The molecule has 2 amide bonds. The maximum absolute atomic E-state index is 12.0. The van der Waals surface area contributed by atoms with Crippen LogP contribution in [-0.4, -0.2) is 16.8 Å². The highest BCUT2D eigenvalue weighted by Gasteiger charge is 2.07. The van der Waals surface area contributed by atoms with E-state index in [9.17, 15) is 9.59 Å². The Balaban J connectivity index is 1.56. The maximum Gasteiger partial charge on any atom is 0.224 e. The Morgan fingerprint density at radius 2 is 1.77 bits per heavy atom. The lowest BCUT2D eigenvalue weighted by Crippen LogP contribution is -2.24. The second-order valence-corrected chi connectivity index (χ2v) is 6.77. The summed E-state index contributed by atoms with van der Waals surface area (Å²) >= 11 is 1.51. The monoisotopic (exact) mass is 365 g/mol. The van der Waals surface area contributed by atoms with E-state index < -0.39 is 0 Å². The summed E-state index contributed by atoms with van der Waals surface area (Å²) in [5, 5.41) is 8.46. The molecule has 2 aromatic carbocycles. The standard InChI is InChI=1S/C20H19N3O2S/c1-14(24)22-17-9-7-16(8-10-17)18-13-26-20(23-18)12-21-19(25)11-15-5-3-2-4-6-15/h2-10,13H,11-12H2,1H3,(H,21,25)(H,22,24). The van der Waals surface area contributed by atoms with Gasteiger partial charge in [-0.3, -0.25) is 9.59 Å². The lowest BCUT2D eigenvalue weighted by Gasteiger charge is -2.04. The number of carbonyl (C=O) groups excluding carboxylic acids is 2. The fourth-order valence-corrected chi connectivity index (χ4v) is 3.21. The van der Waals surface area contributed by atoms with Crippen LogP contribution in [0, 0.1) is 0 Å². The summed E-state index contributed by atoms with van der Waals surface area (Å²) < 4.78 is 0. The van der Waals surface area contributed by atoms with Crippen molar-refractivity contribution < 1.29 is 9.59 Å². The number of amides is 2. The summed E-state index contributed by atoms with van der Waals surface area (Å²) in [5.74, 6) is -0.118. The van der Waals surface area contributed by atoms with Gasteiger partial charge in [-0.2, -0.15) is 0 Å². The van der Waals surface area contributed by atoms with Crippen molar-refractivity contribution in [3.8, 4) is 11.3 Å². The Hall–Kier alpha value is -2.99. The van der Waals surface area contributed by atoms with Crippen molar-refractivity contribution in [1.82, 2.24) is 10.3 Å². The number of thiazole rings is 1. The van der Waals surface area contributed by atoms with E-state index in [0.717, 1.165) is 27.5 Å². The first-order valence-electron chi connectivity index (χ1n) is 8.23. The van der Waals surface area contributed by atoms with Crippen molar-refractivity contribution in [1.29, 1.82) is 0 Å². The van der Waals surface area contributed by atoms with E-state index in [1.54, 1.807) is 0 Å². The molecule has 0 saturated heterocycles. The average Bonchev–Trinajstić information content (AvgIpc) is 3.10. The Labute approximate surface area is 156 Å². The van der Waals surface area contributed by atoms with Gasteiger partial charge in [0.15, 0.2) is 0 Å². The summed E-state index contributed by atoms with van der Waals surface area (Å²) in [6.45, 7) is 1.90. The van der Waals surface area contributed by atoms with Crippen LogP contribution in [0.2, 0.25) is 0 Å². The SMILES string of the molecule is CC(=O)Nc1ccc(-c2csc(CNC(=O)Cc3ccccc3)n2)cc1. The van der Waals surface area contributed by atoms with Crippen LogP contribution in [0.3, 0.4) is 0 Å². The van der Waals surface area contributed by atoms with Crippen molar-refractivity contribution in [3.63, 3.8) is 0 Å². The van der Waals surface area contributed by atoms with Gasteiger partial charge in [0.25, 0.3) is 0 Å². The molecular formula is C20H19N3O2S. The quantitative estimate of drug-likeness (QED) is 0.701. The zero-order valence-corrected chi connectivity index (χ0v) is 15.2. The normalized spacial score (nSPS) is 10.3. The van der Waals surface area contributed by atoms with Gasteiger partial charge >= 0.3 is 0 Å². The Morgan fingerprint density at radius 1 is 1.04 bits per heavy atom. The van der Waals surface area contributed by atoms with Crippen molar-refractivity contribution >= 4 is 28.8 Å². The molecule has 0 spiro atoms. The predicted molar refractivity (Wildman–Crippen MR) is 104 cm³/mol. The molecule has 0 atom stereocenters. The van der Waals surface area contributed by atoms with E-state index in [1.165, 1.54) is 18.3 Å². The van der Waals surface area contributed by atoms with Crippen LogP contribution in [0.4, 0.5) is 5.69 Å². The highest BCUT2D eigenvalue weighted by atomic mass is 32.1. The number of rotatable bonds is 6. The molecule has 1 heterocycles. The number of nitrogens with one attached hydrogen (secondary N) is 2. The minimum atomic E-state index is -0.0973. The molecule has 26 heavy (non-hydrogen) atoms. The molecule has 0 fully saturated rings. The molecule has 5 nitrogen and oxygen atoms in total. The number of hydrogen-bond donors (Lipinski definition) is 2. The second-order valence-electron chi connectivity index (χ2n) is 5.82. The predicted octanol–water partition coefficient (Wildman–Crippen LogP) is 3.63. The molecule has 0 aliphatic heterocycles. The van der Waals surface area contributed by atoms with Crippen LogP contribution in [0.1, 0.15) is 17.5 Å². The summed E-state index contributed by atoms with van der Waals surface area (Å²) in [4.78, 5) is 27.6. The van der Waals surface area contributed by atoms with E-state index in [2.05, 4.69) is 15.6 Å². The molecule has 0 radical (unpaired) electrons. The lowest BCUT2D eigenvalue weighted by molar-refractivity contribution is -0.120. The van der Waals surface area contributed by atoms with Gasteiger partial charge in [0.05, 0.1) is 18.7 Å². The van der Waals surface area contributed by atoms with Crippen molar-refractivity contribution in [2.45, 2.75) is 19.9 Å². The van der Waals surface area contributed by atoms with Gasteiger partial charge in [-0.1, -0.05) is 42.5 Å². The first kappa shape index (κ1) is 17.8. The molecule has 0 saturated carbocycles. The van der Waals surface area contributed by atoms with Gasteiger partial charge in [-0.15, -0.1) is 11.3 Å². The van der Waals surface area contributed by atoms with E-state index in [-0.39, 0.29) is 11.8 Å². The fraction of sp³-hybridized carbons (Fsp3) is 0.150. The number of hydrogen-bond acceptors (Lipinski definition) is 4. The van der Waals surface area contributed by atoms with Crippen molar-refractivity contribution in [2.24, 2.45) is 0 Å². The molecule has 0 aliphatic rings. The number of benzene rings is 2. The van der Waals surface area contributed by atoms with Crippen molar-refractivity contribution in [3.05, 3.63) is 70.5 Å². The first-order valence-corrected chi connectivity index (χ1v) is 9.11. The minimum Gasteiger partial charge on any atom is -0.349 e. The van der Waals surface area contributed by atoms with E-state index in [1.807, 2.05) is 60.0 Å². The Bertz CT molecular complexity index is 889. The number of anilines is 1. The smallest absolute Gasteiger partial charge is 0.224 e. The summed E-state index contributed by atoms with van der Waals surface area (Å²) in [6, 6.07) is 17.2. The zero-order chi connectivity index (χ0) is 18.4. The number of nitrogens with zero attached hydrogens (tertiary/aromatic N) is 1. The van der Waals surface area contributed by atoms with Crippen molar-refractivity contribution in [2.75, 3.05) is 5.32 Å². The van der Waals surface area contributed by atoms with E-state index in [0.29, 0.717) is 13.0 Å². The number of aromatic nitrogens is 1. The zero-order valence-electron chi connectivity index (χ0n) is 14.4. The molecule has 0 unspecified atom stereocenters. The van der Waals surface area contributed by atoms with Crippen LogP contribution >= 0.6 is 11.3 Å². The molecule has 0 bridgehead atoms. The van der Waals surface area contributed by atoms with Crippen LogP contribution in [0.5, 0.6) is 0 Å². The van der Waals surface area contributed by atoms with E-state index >= 15 is 0 Å². The molecule has 2 N–H and O–H groups in total. The Morgan fingerprint density at radius 3 is 2.46 bits per heavy atom. The van der Waals surface area contributed by atoms with Gasteiger partial charge in [0, 0.05) is 23.6 Å². The summed E-state index contributed by atoms with van der Waals surface area (Å²) in [6.07, 6.45) is 0.365. The third-order valence-corrected chi connectivity index (χ3v) is 4.55. The van der Waals surface area contributed by atoms with E-state index in [4.69, 9.17) is 0 Å². The largest absolute Gasteiger partial charge is 0.349 e. The molecule has 1 aromatic heterocycles. The highest BCUT2D eigenvalue weighted by Crippen LogP contribution is 2.23. The molecule has 6 heteroatoms. The van der Waals surface area contributed by atoms with Crippen LogP contribution in [0.25, 0.3) is 11.3 Å². The fourth-order valence-electron chi connectivity index (χ4n) is 2.47. The summed E-state index contributed by atoms with van der Waals surface area (Å²) in [7, 11) is 0. The maximum atomic E-state index is 12.0. The third kappa shape index (κ3) is 5.00. The second kappa shape index (κ2) is 8.40. The first-order chi connectivity index (χ1) is 12.6. The van der Waals surface area contributed by atoms with Crippen LogP contribution in [0.15, 0.2) is 60.0 Å². The molecule has 132 valence electrons. The van der Waals surface area contributed by atoms with Crippen LogP contribution < -0.4 is 10.6 Å². The van der Waals surface area contributed by atoms with Crippen LogP contribution in [-0.2, 0) is 22.6 Å². The van der Waals surface area contributed by atoms with Gasteiger partial charge in [0.2, 0.25) is 11.8 Å². The molecular weight excluding hydrogens is 346 g/mol.